The number of aromatic hydroxyl groups is 1. The van der Waals surface area contributed by atoms with Crippen LogP contribution >= 0.6 is 0 Å². The Balaban J connectivity index is 1.65. The fourth-order valence-electron chi connectivity index (χ4n) is 6.68. The number of hydrogen-bond donors (Lipinski definition) is 2. The zero-order chi connectivity index (χ0) is 20.9. The Morgan fingerprint density at radius 2 is 1.93 bits per heavy atom. The van der Waals surface area contributed by atoms with Gasteiger partial charge in [-0.25, -0.2) is 0 Å². The number of fused-ring (bicyclic) bond motifs is 5. The van der Waals surface area contributed by atoms with E-state index in [-0.39, 0.29) is 5.41 Å². The molecular weight excluding hydrogens is 372 g/mol. The molecule has 3 aliphatic rings. The standard InChI is InChI=1S/C26H34O2Si/c1-5-29(6-2,7-3)17-16-26(28)15-13-24-23-10-8-19-18-20(27)9-11-21(19)22(23)12-14-25(24,26)4/h1,9,11,18,22-24,27-28H,6-8,10,12-15H2,2-4H3/t22-,23-,24+,25+,26-/m1/s1. The van der Waals surface area contributed by atoms with Crippen LogP contribution < -0.4 is 0 Å². The van der Waals surface area contributed by atoms with Gasteiger partial charge in [0.15, 0.2) is 0 Å². The minimum absolute atomic E-state index is 0.147. The molecule has 0 spiro atoms. The van der Waals surface area contributed by atoms with Crippen molar-refractivity contribution >= 4 is 8.07 Å². The van der Waals surface area contributed by atoms with E-state index in [1.807, 2.05) is 12.1 Å². The topological polar surface area (TPSA) is 40.5 Å². The van der Waals surface area contributed by atoms with Gasteiger partial charge in [-0.3, -0.25) is 0 Å². The highest BCUT2D eigenvalue weighted by molar-refractivity contribution is 6.94. The summed E-state index contributed by atoms with van der Waals surface area (Å²) in [7, 11) is -2.03. The number of benzene rings is 1. The van der Waals surface area contributed by atoms with Crippen molar-refractivity contribution in [3.05, 3.63) is 29.3 Å². The molecule has 3 heteroatoms. The summed E-state index contributed by atoms with van der Waals surface area (Å²) in [5.41, 5.74) is 8.22. The van der Waals surface area contributed by atoms with E-state index in [1.165, 1.54) is 11.1 Å². The van der Waals surface area contributed by atoms with Crippen molar-refractivity contribution in [2.24, 2.45) is 17.3 Å². The Labute approximate surface area is 177 Å². The Morgan fingerprint density at radius 1 is 1.17 bits per heavy atom. The summed E-state index contributed by atoms with van der Waals surface area (Å²) in [6, 6.07) is 7.84. The maximum atomic E-state index is 11.8. The van der Waals surface area contributed by atoms with E-state index >= 15 is 0 Å². The summed E-state index contributed by atoms with van der Waals surface area (Å²) in [6.45, 7) is 6.59. The lowest BCUT2D eigenvalue weighted by molar-refractivity contribution is -0.0647. The number of phenols is 1. The Morgan fingerprint density at radius 3 is 2.62 bits per heavy atom. The molecule has 2 saturated carbocycles. The first kappa shape index (κ1) is 20.6. The number of phenolic OH excluding ortho intramolecular Hbond substituents is 1. The lowest BCUT2D eigenvalue weighted by atomic mass is 9.53. The van der Waals surface area contributed by atoms with Crippen LogP contribution in [0.25, 0.3) is 0 Å². The second-order valence-corrected chi connectivity index (χ2v) is 14.0. The van der Waals surface area contributed by atoms with Gasteiger partial charge in [0.25, 0.3) is 0 Å². The van der Waals surface area contributed by atoms with Crippen LogP contribution in [-0.2, 0) is 6.42 Å². The number of hydrogen-bond acceptors (Lipinski definition) is 2. The molecule has 29 heavy (non-hydrogen) atoms. The predicted molar refractivity (Wildman–Crippen MR) is 121 cm³/mol. The Kier molecular flexibility index (Phi) is 5.13. The predicted octanol–water partition coefficient (Wildman–Crippen LogP) is 5.18. The molecule has 0 amide bonds. The number of rotatable bonds is 2. The molecule has 2 N–H and O–H groups in total. The molecule has 2 fully saturated rings. The summed E-state index contributed by atoms with van der Waals surface area (Å²) in [6.07, 6.45) is 12.0. The molecule has 0 radical (unpaired) electrons. The van der Waals surface area contributed by atoms with Crippen molar-refractivity contribution in [3.63, 3.8) is 0 Å². The third kappa shape index (κ3) is 3.06. The van der Waals surface area contributed by atoms with E-state index < -0.39 is 13.7 Å². The monoisotopic (exact) mass is 406 g/mol. The van der Waals surface area contributed by atoms with Crippen LogP contribution in [0.2, 0.25) is 12.1 Å². The fraction of sp³-hybridized carbons (Fsp3) is 0.615. The van der Waals surface area contributed by atoms with Gasteiger partial charge in [-0.05, 0) is 91.6 Å². The number of aliphatic hydroxyl groups is 1. The van der Waals surface area contributed by atoms with Gasteiger partial charge < -0.3 is 10.2 Å². The maximum absolute atomic E-state index is 11.8. The zero-order valence-corrected chi connectivity index (χ0v) is 19.1. The maximum Gasteiger partial charge on any atom is 0.215 e. The molecule has 4 rings (SSSR count). The fourth-order valence-corrected chi connectivity index (χ4v) is 8.46. The number of terminal acetylenes is 1. The highest BCUT2D eigenvalue weighted by Crippen LogP contribution is 2.64. The van der Waals surface area contributed by atoms with Crippen molar-refractivity contribution in [1.29, 1.82) is 0 Å². The van der Waals surface area contributed by atoms with Crippen LogP contribution in [0, 0.1) is 40.7 Å². The second kappa shape index (κ2) is 7.23. The van der Waals surface area contributed by atoms with Gasteiger partial charge in [0.05, 0.1) is 0 Å². The quantitative estimate of drug-likeness (QED) is 0.524. The molecule has 3 aliphatic carbocycles. The second-order valence-electron chi connectivity index (χ2n) is 9.84. The molecule has 0 bridgehead atoms. The van der Waals surface area contributed by atoms with E-state index in [1.54, 1.807) is 0 Å². The summed E-state index contributed by atoms with van der Waals surface area (Å²) in [4.78, 5) is 0. The van der Waals surface area contributed by atoms with Gasteiger partial charge in [-0.15, -0.1) is 17.5 Å². The smallest absolute Gasteiger partial charge is 0.215 e. The van der Waals surface area contributed by atoms with Crippen LogP contribution in [0.4, 0.5) is 0 Å². The van der Waals surface area contributed by atoms with Gasteiger partial charge in [0.1, 0.15) is 11.4 Å². The van der Waals surface area contributed by atoms with E-state index in [4.69, 9.17) is 6.42 Å². The first-order valence-corrected chi connectivity index (χ1v) is 13.8. The normalized spacial score (nSPS) is 35.5. The minimum atomic E-state index is -2.03. The molecule has 0 aliphatic heterocycles. The van der Waals surface area contributed by atoms with E-state index in [9.17, 15) is 10.2 Å². The van der Waals surface area contributed by atoms with Crippen molar-refractivity contribution < 1.29 is 10.2 Å². The molecular formula is C26H34O2Si. The van der Waals surface area contributed by atoms with Gasteiger partial charge in [0.2, 0.25) is 8.07 Å². The molecule has 0 unspecified atom stereocenters. The Bertz CT molecular complexity index is 900. The lowest BCUT2D eigenvalue weighted by Crippen LogP contribution is -2.50. The van der Waals surface area contributed by atoms with Crippen LogP contribution in [0.15, 0.2) is 18.2 Å². The molecule has 0 aromatic heterocycles. The highest BCUT2D eigenvalue weighted by Gasteiger charge is 2.61. The summed E-state index contributed by atoms with van der Waals surface area (Å²) in [5.74, 6) is 5.45. The highest BCUT2D eigenvalue weighted by atomic mass is 28.3. The molecule has 1 aromatic carbocycles. The van der Waals surface area contributed by atoms with E-state index in [2.05, 4.69) is 43.8 Å². The van der Waals surface area contributed by atoms with Crippen molar-refractivity contribution in [2.75, 3.05) is 0 Å². The minimum Gasteiger partial charge on any atom is -0.508 e. The number of aryl methyl sites for hydroxylation is 1. The lowest BCUT2D eigenvalue weighted by Gasteiger charge is -2.52. The van der Waals surface area contributed by atoms with Crippen LogP contribution in [0.1, 0.15) is 69.9 Å². The van der Waals surface area contributed by atoms with E-state index in [0.717, 1.165) is 50.6 Å². The average molecular weight is 407 g/mol. The summed E-state index contributed by atoms with van der Waals surface area (Å²) >= 11 is 0. The van der Waals surface area contributed by atoms with Crippen molar-refractivity contribution in [3.8, 4) is 29.2 Å². The molecule has 5 atom stereocenters. The molecule has 1 aromatic rings. The molecule has 2 nitrogen and oxygen atoms in total. The average Bonchev–Trinajstić information content (AvgIpc) is 3.00. The van der Waals surface area contributed by atoms with Gasteiger partial charge in [0, 0.05) is 5.41 Å². The van der Waals surface area contributed by atoms with Crippen LogP contribution in [-0.4, -0.2) is 23.9 Å². The summed E-state index contributed by atoms with van der Waals surface area (Å²) < 4.78 is 0. The van der Waals surface area contributed by atoms with Crippen LogP contribution in [0.5, 0.6) is 5.75 Å². The van der Waals surface area contributed by atoms with Crippen LogP contribution in [0.3, 0.4) is 0 Å². The zero-order valence-electron chi connectivity index (χ0n) is 18.1. The van der Waals surface area contributed by atoms with Gasteiger partial charge in [-0.1, -0.05) is 32.8 Å². The first-order chi connectivity index (χ1) is 13.8. The van der Waals surface area contributed by atoms with E-state index in [0.29, 0.717) is 23.5 Å². The largest absolute Gasteiger partial charge is 0.508 e. The SMILES string of the molecule is C#C[Si](C#C[C@]1(O)CC[C@H]2[C@@H]3CCc4cc(O)ccc4[C@H]3CC[C@@]21C)(CC)CC. The molecule has 0 heterocycles. The molecule has 0 saturated heterocycles. The Hall–Kier alpha value is -1.68. The van der Waals surface area contributed by atoms with Crippen molar-refractivity contribution in [2.45, 2.75) is 82.9 Å². The third-order valence-electron chi connectivity index (χ3n) is 8.85. The van der Waals surface area contributed by atoms with Gasteiger partial charge >= 0.3 is 0 Å². The third-order valence-corrected chi connectivity index (χ3v) is 12.4. The molecule has 154 valence electrons. The van der Waals surface area contributed by atoms with Gasteiger partial charge in [-0.2, -0.15) is 0 Å². The van der Waals surface area contributed by atoms with Crippen molar-refractivity contribution in [1.82, 2.24) is 0 Å². The first-order valence-electron chi connectivity index (χ1n) is 11.4. The summed E-state index contributed by atoms with van der Waals surface area (Å²) in [5, 5.41) is 21.6.